The van der Waals surface area contributed by atoms with E-state index >= 15 is 0 Å². The number of halogens is 2. The van der Waals surface area contributed by atoms with Gasteiger partial charge in [0, 0.05) is 10.7 Å². The van der Waals surface area contributed by atoms with Gasteiger partial charge in [-0.3, -0.25) is 10.1 Å². The lowest BCUT2D eigenvalue weighted by atomic mass is 10.3. The van der Waals surface area contributed by atoms with Crippen molar-refractivity contribution >= 4 is 52.1 Å². The van der Waals surface area contributed by atoms with Gasteiger partial charge in [-0.05, 0) is 61.6 Å². The molecule has 2 rings (SSSR count). The Kier molecular flexibility index (Phi) is 7.31. The number of amides is 1. The van der Waals surface area contributed by atoms with Crippen LogP contribution < -0.4 is 20.1 Å². The lowest BCUT2D eigenvalue weighted by Gasteiger charge is -2.11. The zero-order valence-corrected chi connectivity index (χ0v) is 15.7. The van der Waals surface area contributed by atoms with E-state index in [1.165, 1.54) is 6.07 Å². The van der Waals surface area contributed by atoms with Crippen LogP contribution in [0.4, 0.5) is 5.69 Å². The number of ether oxygens (including phenoxy) is 2. The van der Waals surface area contributed by atoms with Gasteiger partial charge in [-0.1, -0.05) is 23.2 Å². The first-order valence-corrected chi connectivity index (χ1v) is 8.56. The molecule has 5 nitrogen and oxygen atoms in total. The van der Waals surface area contributed by atoms with E-state index in [1.54, 1.807) is 24.3 Å². The van der Waals surface area contributed by atoms with Gasteiger partial charge < -0.3 is 14.8 Å². The van der Waals surface area contributed by atoms with Gasteiger partial charge in [-0.2, -0.15) is 0 Å². The minimum atomic E-state index is -0.408. The highest BCUT2D eigenvalue weighted by Crippen LogP contribution is 2.27. The fourth-order valence-electron chi connectivity index (χ4n) is 1.86. The first kappa shape index (κ1) is 19.3. The predicted octanol–water partition coefficient (Wildman–Crippen LogP) is 4.28. The van der Waals surface area contributed by atoms with Gasteiger partial charge in [-0.15, -0.1) is 0 Å². The summed E-state index contributed by atoms with van der Waals surface area (Å²) in [6.07, 6.45) is 0. The second-order valence-corrected chi connectivity index (χ2v) is 6.07. The van der Waals surface area contributed by atoms with Gasteiger partial charge >= 0.3 is 0 Å². The molecule has 2 N–H and O–H groups in total. The molecule has 2 aromatic carbocycles. The van der Waals surface area contributed by atoms with Crippen LogP contribution >= 0.6 is 35.4 Å². The number of rotatable bonds is 6. The normalized spacial score (nSPS) is 10.0. The maximum atomic E-state index is 11.9. The molecule has 0 spiro atoms. The van der Waals surface area contributed by atoms with E-state index in [-0.39, 0.29) is 11.7 Å². The number of hydrogen-bond acceptors (Lipinski definition) is 4. The average molecular weight is 399 g/mol. The van der Waals surface area contributed by atoms with Crippen LogP contribution in [0, 0.1) is 0 Å². The molecule has 0 saturated carbocycles. The van der Waals surface area contributed by atoms with Crippen LogP contribution in [0.25, 0.3) is 0 Å². The predicted molar refractivity (Wildman–Crippen MR) is 104 cm³/mol. The molecule has 132 valence electrons. The number of hydrogen-bond donors (Lipinski definition) is 2. The van der Waals surface area contributed by atoms with Crippen molar-refractivity contribution in [1.82, 2.24) is 5.32 Å². The third-order valence-electron chi connectivity index (χ3n) is 2.93. The van der Waals surface area contributed by atoms with Gasteiger partial charge in [0.2, 0.25) is 0 Å². The van der Waals surface area contributed by atoms with Crippen LogP contribution in [0.2, 0.25) is 10.0 Å². The van der Waals surface area contributed by atoms with E-state index < -0.39 is 5.91 Å². The zero-order chi connectivity index (χ0) is 18.2. The lowest BCUT2D eigenvalue weighted by Crippen LogP contribution is -2.37. The summed E-state index contributed by atoms with van der Waals surface area (Å²) in [4.78, 5) is 11.9. The van der Waals surface area contributed by atoms with Crippen molar-refractivity contribution in [2.24, 2.45) is 0 Å². The average Bonchev–Trinajstić information content (AvgIpc) is 2.56. The Bertz CT molecular complexity index is 754. The van der Waals surface area contributed by atoms with Gasteiger partial charge in [0.15, 0.2) is 11.7 Å². The quantitative estimate of drug-likeness (QED) is 0.710. The fourth-order valence-corrected chi connectivity index (χ4v) is 2.56. The summed E-state index contributed by atoms with van der Waals surface area (Å²) in [5, 5.41) is 6.41. The molecule has 0 radical (unpaired) electrons. The van der Waals surface area contributed by atoms with Gasteiger partial charge in [0.05, 0.1) is 11.6 Å². The number of thiocarbonyl (C=S) groups is 1. The Balaban J connectivity index is 1.80. The molecule has 0 aromatic heterocycles. The van der Waals surface area contributed by atoms with Crippen molar-refractivity contribution < 1.29 is 14.3 Å². The Morgan fingerprint density at radius 2 is 1.84 bits per heavy atom. The third-order valence-corrected chi connectivity index (χ3v) is 3.66. The van der Waals surface area contributed by atoms with Crippen LogP contribution in [-0.4, -0.2) is 24.2 Å². The first-order chi connectivity index (χ1) is 12.0. The smallest absolute Gasteiger partial charge is 0.264 e. The Morgan fingerprint density at radius 1 is 1.12 bits per heavy atom. The van der Waals surface area contributed by atoms with E-state index in [4.69, 9.17) is 44.9 Å². The van der Waals surface area contributed by atoms with E-state index in [0.29, 0.717) is 22.4 Å². The molecule has 0 fully saturated rings. The molecule has 25 heavy (non-hydrogen) atoms. The highest BCUT2D eigenvalue weighted by Gasteiger charge is 2.08. The highest BCUT2D eigenvalue weighted by atomic mass is 35.5. The van der Waals surface area contributed by atoms with Crippen LogP contribution in [0.3, 0.4) is 0 Å². The Hall–Kier alpha value is -2.02. The summed E-state index contributed by atoms with van der Waals surface area (Å²) in [5.74, 6) is 0.720. The van der Waals surface area contributed by atoms with Crippen LogP contribution in [0.1, 0.15) is 6.92 Å². The van der Waals surface area contributed by atoms with Crippen LogP contribution in [-0.2, 0) is 4.79 Å². The molecule has 0 aliphatic heterocycles. The second-order valence-electron chi connectivity index (χ2n) is 4.82. The third kappa shape index (κ3) is 6.42. The van der Waals surface area contributed by atoms with Crippen molar-refractivity contribution in [3.8, 4) is 11.5 Å². The molecule has 0 heterocycles. The largest absolute Gasteiger partial charge is 0.494 e. The number of anilines is 1. The fraction of sp³-hybridized carbons (Fsp3) is 0.176. The van der Waals surface area contributed by atoms with Crippen molar-refractivity contribution in [2.45, 2.75) is 6.92 Å². The Labute approximate surface area is 161 Å². The van der Waals surface area contributed by atoms with Gasteiger partial charge in [0.25, 0.3) is 5.91 Å². The summed E-state index contributed by atoms with van der Waals surface area (Å²) < 4.78 is 10.7. The molecule has 0 bridgehead atoms. The monoisotopic (exact) mass is 398 g/mol. The maximum Gasteiger partial charge on any atom is 0.264 e. The van der Waals surface area contributed by atoms with Crippen LogP contribution in [0.15, 0.2) is 42.5 Å². The van der Waals surface area contributed by atoms with Gasteiger partial charge in [0.1, 0.15) is 11.5 Å². The zero-order valence-electron chi connectivity index (χ0n) is 13.3. The topological polar surface area (TPSA) is 59.6 Å². The van der Waals surface area contributed by atoms with Crippen molar-refractivity contribution in [2.75, 3.05) is 18.5 Å². The van der Waals surface area contributed by atoms with Crippen molar-refractivity contribution in [1.29, 1.82) is 0 Å². The summed E-state index contributed by atoms with van der Waals surface area (Å²) in [5.41, 5.74) is 0.732. The molecule has 1 amide bonds. The molecule has 0 aliphatic rings. The number of nitrogens with one attached hydrogen (secondary N) is 2. The summed E-state index contributed by atoms with van der Waals surface area (Å²) >= 11 is 16.9. The molecule has 0 unspecified atom stereocenters. The van der Waals surface area contributed by atoms with E-state index in [9.17, 15) is 4.79 Å². The lowest BCUT2D eigenvalue weighted by molar-refractivity contribution is -0.121. The summed E-state index contributed by atoms with van der Waals surface area (Å²) in [6, 6.07) is 12.0. The number of carbonyl (C=O) groups excluding carboxylic acids is 1. The standard InChI is InChI=1S/C17H16Cl2N2O3S/c1-2-23-13-6-4-12(5-7-13)20-17(25)21-16(22)10-24-15-8-3-11(18)9-14(15)19/h3-9H,2,10H2,1H3,(H2,20,21,22,25). The molecule has 2 aromatic rings. The van der Waals surface area contributed by atoms with E-state index in [2.05, 4.69) is 10.6 Å². The number of carbonyl (C=O) groups is 1. The van der Waals surface area contributed by atoms with E-state index in [0.717, 1.165) is 11.4 Å². The maximum absolute atomic E-state index is 11.9. The minimum absolute atomic E-state index is 0.167. The molecule has 0 aliphatic carbocycles. The van der Waals surface area contributed by atoms with Crippen LogP contribution in [0.5, 0.6) is 11.5 Å². The van der Waals surface area contributed by atoms with Crippen molar-refractivity contribution in [3.05, 3.63) is 52.5 Å². The summed E-state index contributed by atoms with van der Waals surface area (Å²) in [7, 11) is 0. The van der Waals surface area contributed by atoms with Crippen molar-refractivity contribution in [3.63, 3.8) is 0 Å². The Morgan fingerprint density at radius 3 is 2.48 bits per heavy atom. The number of benzene rings is 2. The highest BCUT2D eigenvalue weighted by molar-refractivity contribution is 7.80. The molecule has 0 atom stereocenters. The molecular formula is C17H16Cl2N2O3S. The molecule has 8 heteroatoms. The SMILES string of the molecule is CCOc1ccc(NC(=S)NC(=O)COc2ccc(Cl)cc2Cl)cc1. The first-order valence-electron chi connectivity index (χ1n) is 7.39. The summed E-state index contributed by atoms with van der Waals surface area (Å²) in [6.45, 7) is 2.28. The molecular weight excluding hydrogens is 383 g/mol. The van der Waals surface area contributed by atoms with E-state index in [1.807, 2.05) is 19.1 Å². The minimum Gasteiger partial charge on any atom is -0.494 e. The molecule has 0 saturated heterocycles. The van der Waals surface area contributed by atoms with Gasteiger partial charge in [-0.25, -0.2) is 0 Å². The second kappa shape index (κ2) is 9.46.